The number of hydrogen-bond acceptors (Lipinski definition) is 6. The first-order chi connectivity index (χ1) is 14.0. The van der Waals surface area contributed by atoms with Gasteiger partial charge in [-0.15, -0.1) is 23.1 Å². The zero-order valence-corrected chi connectivity index (χ0v) is 17.2. The molecule has 3 aromatic rings. The molecule has 0 radical (unpaired) electrons. The van der Waals surface area contributed by atoms with Crippen molar-refractivity contribution < 1.29 is 14.0 Å². The molecule has 1 unspecified atom stereocenters. The first-order valence-electron chi connectivity index (χ1n) is 8.81. The standard InChI is InChI=1S/C20H19FN4O2S2/c1-13(28-12-18(26)24-16-4-2-15(21)3-5-16)20(27)23-10-19-25-17(11-29-19)14-6-8-22-9-7-14/h2-9,11,13H,10,12H2,1H3,(H,23,27)(H,24,26). The average Bonchev–Trinajstić information content (AvgIpc) is 3.21. The van der Waals surface area contributed by atoms with Crippen LogP contribution in [-0.2, 0) is 16.1 Å². The lowest BCUT2D eigenvalue weighted by molar-refractivity contribution is -0.120. The van der Waals surface area contributed by atoms with E-state index in [4.69, 9.17) is 0 Å². The summed E-state index contributed by atoms with van der Waals surface area (Å²) in [6.45, 7) is 2.08. The van der Waals surface area contributed by atoms with Crippen LogP contribution in [0.15, 0.2) is 54.2 Å². The molecule has 9 heteroatoms. The minimum Gasteiger partial charge on any atom is -0.349 e. The lowest BCUT2D eigenvalue weighted by atomic mass is 10.2. The van der Waals surface area contributed by atoms with E-state index in [1.807, 2.05) is 17.5 Å². The van der Waals surface area contributed by atoms with Crippen molar-refractivity contribution in [2.24, 2.45) is 0 Å². The van der Waals surface area contributed by atoms with Gasteiger partial charge in [0.05, 0.1) is 23.2 Å². The summed E-state index contributed by atoms with van der Waals surface area (Å²) in [5.74, 6) is -0.653. The van der Waals surface area contributed by atoms with Gasteiger partial charge in [-0.05, 0) is 43.3 Å². The molecular weight excluding hydrogens is 411 g/mol. The monoisotopic (exact) mass is 430 g/mol. The summed E-state index contributed by atoms with van der Waals surface area (Å²) in [7, 11) is 0. The van der Waals surface area contributed by atoms with E-state index in [1.54, 1.807) is 19.3 Å². The van der Waals surface area contributed by atoms with Crippen molar-refractivity contribution in [2.75, 3.05) is 11.1 Å². The summed E-state index contributed by atoms with van der Waals surface area (Å²) >= 11 is 2.70. The smallest absolute Gasteiger partial charge is 0.234 e. The van der Waals surface area contributed by atoms with Gasteiger partial charge < -0.3 is 10.6 Å². The Bertz CT molecular complexity index is 964. The number of nitrogens with one attached hydrogen (secondary N) is 2. The van der Waals surface area contributed by atoms with E-state index in [2.05, 4.69) is 20.6 Å². The average molecular weight is 431 g/mol. The maximum absolute atomic E-state index is 12.9. The molecule has 150 valence electrons. The first kappa shape index (κ1) is 20.9. The number of amides is 2. The molecule has 2 N–H and O–H groups in total. The van der Waals surface area contributed by atoms with E-state index in [0.29, 0.717) is 12.2 Å². The molecule has 1 aromatic carbocycles. The quantitative estimate of drug-likeness (QED) is 0.569. The van der Waals surface area contributed by atoms with Crippen LogP contribution in [0.1, 0.15) is 11.9 Å². The fourth-order valence-electron chi connectivity index (χ4n) is 2.36. The number of thioether (sulfide) groups is 1. The molecule has 2 aromatic heterocycles. The molecule has 29 heavy (non-hydrogen) atoms. The van der Waals surface area contributed by atoms with Gasteiger partial charge in [0.25, 0.3) is 0 Å². The molecule has 2 amide bonds. The van der Waals surface area contributed by atoms with Crippen molar-refractivity contribution in [1.29, 1.82) is 0 Å². The second kappa shape index (κ2) is 10.1. The highest BCUT2D eigenvalue weighted by atomic mass is 32.2. The van der Waals surface area contributed by atoms with E-state index >= 15 is 0 Å². The maximum atomic E-state index is 12.9. The van der Waals surface area contributed by atoms with Crippen LogP contribution in [0.25, 0.3) is 11.3 Å². The van der Waals surface area contributed by atoms with Gasteiger partial charge in [-0.2, -0.15) is 0 Å². The molecule has 6 nitrogen and oxygen atoms in total. The highest BCUT2D eigenvalue weighted by Crippen LogP contribution is 2.21. The molecule has 0 aliphatic heterocycles. The first-order valence-corrected chi connectivity index (χ1v) is 10.7. The molecule has 0 aliphatic rings. The summed E-state index contributed by atoms with van der Waals surface area (Å²) in [6, 6.07) is 9.29. The highest BCUT2D eigenvalue weighted by Gasteiger charge is 2.16. The summed E-state index contributed by atoms with van der Waals surface area (Å²) in [5.41, 5.74) is 2.34. The van der Waals surface area contributed by atoms with Crippen LogP contribution in [-0.4, -0.2) is 32.8 Å². The van der Waals surface area contributed by atoms with Crippen LogP contribution in [0.4, 0.5) is 10.1 Å². The number of carbonyl (C=O) groups excluding carboxylic acids is 2. The number of pyridine rings is 1. The van der Waals surface area contributed by atoms with Crippen LogP contribution >= 0.6 is 23.1 Å². The Morgan fingerprint density at radius 1 is 1.17 bits per heavy atom. The Balaban J connectivity index is 1.42. The van der Waals surface area contributed by atoms with Gasteiger partial charge in [-0.1, -0.05) is 0 Å². The van der Waals surface area contributed by atoms with Crippen LogP contribution in [0.2, 0.25) is 0 Å². The van der Waals surface area contributed by atoms with Gasteiger partial charge in [0.15, 0.2) is 0 Å². The van der Waals surface area contributed by atoms with E-state index in [-0.39, 0.29) is 23.4 Å². The lowest BCUT2D eigenvalue weighted by Gasteiger charge is -2.11. The molecule has 3 rings (SSSR count). The number of rotatable bonds is 8. The molecule has 2 heterocycles. The normalized spacial score (nSPS) is 11.7. The van der Waals surface area contributed by atoms with Crippen molar-refractivity contribution in [2.45, 2.75) is 18.7 Å². The number of hydrogen-bond donors (Lipinski definition) is 2. The fraction of sp³-hybridized carbons (Fsp3) is 0.200. The van der Waals surface area contributed by atoms with Gasteiger partial charge in [0.1, 0.15) is 10.8 Å². The Hall–Kier alpha value is -2.78. The summed E-state index contributed by atoms with van der Waals surface area (Å²) < 4.78 is 12.9. The SMILES string of the molecule is CC(SCC(=O)Nc1ccc(F)cc1)C(=O)NCc1nc(-c2ccncc2)cs1. The van der Waals surface area contributed by atoms with Crippen LogP contribution < -0.4 is 10.6 Å². The third kappa shape index (κ3) is 6.37. The van der Waals surface area contributed by atoms with Gasteiger partial charge in [0, 0.05) is 29.0 Å². The van der Waals surface area contributed by atoms with Gasteiger partial charge in [-0.25, -0.2) is 9.37 Å². The number of carbonyl (C=O) groups is 2. The van der Waals surface area contributed by atoms with E-state index in [1.165, 1.54) is 47.4 Å². The number of anilines is 1. The molecule has 0 aliphatic carbocycles. The number of thiazole rings is 1. The van der Waals surface area contributed by atoms with Gasteiger partial charge in [-0.3, -0.25) is 14.6 Å². The molecular formula is C20H19FN4O2S2. The molecule has 0 saturated heterocycles. The van der Waals surface area contributed by atoms with E-state index in [0.717, 1.165) is 16.3 Å². The van der Waals surface area contributed by atoms with Crippen molar-refractivity contribution in [3.8, 4) is 11.3 Å². The Morgan fingerprint density at radius 3 is 2.62 bits per heavy atom. The van der Waals surface area contributed by atoms with E-state index < -0.39 is 5.25 Å². The predicted octanol–water partition coefficient (Wildman–Crippen LogP) is 3.72. The lowest BCUT2D eigenvalue weighted by Crippen LogP contribution is -2.31. The van der Waals surface area contributed by atoms with E-state index in [9.17, 15) is 14.0 Å². The van der Waals surface area contributed by atoms with Crippen molar-refractivity contribution in [1.82, 2.24) is 15.3 Å². The zero-order valence-electron chi connectivity index (χ0n) is 15.6. The number of halogens is 1. The largest absolute Gasteiger partial charge is 0.349 e. The Labute approximate surface area is 176 Å². The second-order valence-corrected chi connectivity index (χ2v) is 8.36. The fourth-order valence-corrected chi connectivity index (χ4v) is 3.81. The molecule has 0 fully saturated rings. The molecule has 0 saturated carbocycles. The predicted molar refractivity (Wildman–Crippen MR) is 114 cm³/mol. The van der Waals surface area contributed by atoms with Gasteiger partial charge >= 0.3 is 0 Å². The van der Waals surface area contributed by atoms with Crippen molar-refractivity contribution >= 4 is 40.6 Å². The topological polar surface area (TPSA) is 84.0 Å². The zero-order chi connectivity index (χ0) is 20.6. The number of aromatic nitrogens is 2. The minimum atomic E-state index is -0.395. The van der Waals surface area contributed by atoms with Gasteiger partial charge in [0.2, 0.25) is 11.8 Å². The number of benzene rings is 1. The Morgan fingerprint density at radius 2 is 1.90 bits per heavy atom. The van der Waals surface area contributed by atoms with Crippen LogP contribution in [0.5, 0.6) is 0 Å². The van der Waals surface area contributed by atoms with Crippen LogP contribution in [0.3, 0.4) is 0 Å². The summed E-state index contributed by atoms with van der Waals surface area (Å²) in [5, 5.41) is 7.86. The summed E-state index contributed by atoms with van der Waals surface area (Å²) in [4.78, 5) is 32.7. The molecule has 1 atom stereocenters. The van der Waals surface area contributed by atoms with Crippen molar-refractivity contribution in [3.63, 3.8) is 0 Å². The number of nitrogens with zero attached hydrogens (tertiary/aromatic N) is 2. The van der Waals surface area contributed by atoms with Crippen molar-refractivity contribution in [3.05, 3.63) is 65.0 Å². The minimum absolute atomic E-state index is 0.120. The third-order valence-corrected chi connectivity index (χ3v) is 5.90. The third-order valence-electron chi connectivity index (χ3n) is 3.90. The molecule has 0 spiro atoms. The molecule has 0 bridgehead atoms. The Kier molecular flexibility index (Phi) is 7.31. The maximum Gasteiger partial charge on any atom is 0.234 e. The second-order valence-electron chi connectivity index (χ2n) is 6.09. The summed E-state index contributed by atoms with van der Waals surface area (Å²) in [6.07, 6.45) is 3.42. The highest BCUT2D eigenvalue weighted by molar-refractivity contribution is 8.01. The van der Waals surface area contributed by atoms with Crippen LogP contribution in [0, 0.1) is 5.82 Å².